The maximum atomic E-state index is 12.6. The second kappa shape index (κ2) is 5.78. The lowest BCUT2D eigenvalue weighted by molar-refractivity contribution is -0.305. The van der Waals surface area contributed by atoms with Crippen LogP contribution in [0.1, 0.15) is 12.0 Å². The fraction of sp³-hybridized carbons (Fsp3) is 0.200. The summed E-state index contributed by atoms with van der Waals surface area (Å²) in [7, 11) is 1.64. The molecule has 0 N–H and O–H groups in total. The van der Waals surface area contributed by atoms with E-state index in [2.05, 4.69) is 0 Å². The third kappa shape index (κ3) is 2.53. The Balaban J connectivity index is 2.03. The molecule has 0 atom stereocenters. The van der Waals surface area contributed by atoms with Crippen molar-refractivity contribution in [1.82, 2.24) is 4.90 Å². The molecule has 1 fully saturated rings. The Kier molecular flexibility index (Phi) is 3.95. The van der Waals surface area contributed by atoms with Crippen molar-refractivity contribution in [2.75, 3.05) is 18.5 Å². The van der Waals surface area contributed by atoms with Gasteiger partial charge in [0.1, 0.15) is 4.32 Å². The van der Waals surface area contributed by atoms with Gasteiger partial charge in [0.2, 0.25) is 0 Å². The molecule has 6 nitrogen and oxygen atoms in total. The van der Waals surface area contributed by atoms with Crippen LogP contribution in [0.5, 0.6) is 0 Å². The molecule has 0 aromatic heterocycles. The van der Waals surface area contributed by atoms with Gasteiger partial charge in [0.15, 0.2) is 0 Å². The van der Waals surface area contributed by atoms with Crippen LogP contribution in [0.2, 0.25) is 0 Å². The largest absolute Gasteiger partial charge is 0.550 e. The third-order valence-electron chi connectivity index (χ3n) is 3.67. The molecule has 8 heteroatoms. The zero-order chi connectivity index (χ0) is 16.7. The van der Waals surface area contributed by atoms with Gasteiger partial charge in [0, 0.05) is 31.5 Å². The number of hydrogen-bond acceptors (Lipinski definition) is 6. The maximum absolute atomic E-state index is 12.6. The molecule has 2 aliphatic rings. The first-order valence-electron chi connectivity index (χ1n) is 6.77. The Bertz CT molecular complexity index is 787. The lowest BCUT2D eigenvalue weighted by atomic mass is 10.1. The van der Waals surface area contributed by atoms with E-state index in [1.54, 1.807) is 25.2 Å². The molecule has 118 valence electrons. The van der Waals surface area contributed by atoms with Gasteiger partial charge < -0.3 is 14.8 Å². The van der Waals surface area contributed by atoms with Crippen LogP contribution in [0, 0.1) is 0 Å². The fourth-order valence-corrected chi connectivity index (χ4v) is 3.91. The lowest BCUT2D eigenvalue weighted by Crippen LogP contribution is -2.34. The Morgan fingerprint density at radius 3 is 2.65 bits per heavy atom. The van der Waals surface area contributed by atoms with Crippen LogP contribution >= 0.6 is 24.0 Å². The summed E-state index contributed by atoms with van der Waals surface area (Å²) < 4.78 is 0.249. The molecule has 0 unspecified atom stereocenters. The van der Waals surface area contributed by atoms with Crippen LogP contribution < -0.4 is 10.0 Å². The van der Waals surface area contributed by atoms with Gasteiger partial charge >= 0.3 is 0 Å². The first-order valence-corrected chi connectivity index (χ1v) is 7.99. The van der Waals surface area contributed by atoms with Crippen LogP contribution in [0.15, 0.2) is 29.2 Å². The van der Waals surface area contributed by atoms with E-state index in [0.29, 0.717) is 11.1 Å². The molecule has 23 heavy (non-hydrogen) atoms. The summed E-state index contributed by atoms with van der Waals surface area (Å²) in [5.74, 6) is -1.96. The molecule has 1 aromatic carbocycles. The van der Waals surface area contributed by atoms with E-state index in [9.17, 15) is 19.5 Å². The molecule has 2 heterocycles. The highest BCUT2D eigenvalue weighted by atomic mass is 32.2. The molecule has 2 aliphatic heterocycles. The SMILES string of the molecule is CN1C(=O)/C(=C2/SC(=S)N(CCC(=O)[O-])C2=O)c2ccccc21. The quantitative estimate of drug-likeness (QED) is 0.581. The summed E-state index contributed by atoms with van der Waals surface area (Å²) in [6, 6.07) is 7.19. The van der Waals surface area contributed by atoms with E-state index in [1.165, 1.54) is 9.80 Å². The number of nitrogens with zero attached hydrogens (tertiary/aromatic N) is 2. The molecule has 0 aliphatic carbocycles. The van der Waals surface area contributed by atoms with Gasteiger partial charge in [-0.05, 0) is 6.07 Å². The summed E-state index contributed by atoms with van der Waals surface area (Å²) >= 11 is 6.17. The molecule has 0 saturated carbocycles. The van der Waals surface area contributed by atoms with E-state index < -0.39 is 11.9 Å². The van der Waals surface area contributed by atoms with E-state index in [0.717, 1.165) is 17.4 Å². The molecule has 1 saturated heterocycles. The summed E-state index contributed by atoms with van der Waals surface area (Å²) in [6.45, 7) is -0.0601. The van der Waals surface area contributed by atoms with Crippen molar-refractivity contribution in [2.45, 2.75) is 6.42 Å². The summed E-state index contributed by atoms with van der Waals surface area (Å²) in [6.07, 6.45) is -0.306. The smallest absolute Gasteiger partial charge is 0.267 e. The lowest BCUT2D eigenvalue weighted by Gasteiger charge is -2.14. The summed E-state index contributed by atoms with van der Waals surface area (Å²) in [4.78, 5) is 38.6. The number of benzene rings is 1. The molecule has 0 radical (unpaired) electrons. The Hall–Kier alpha value is -2.19. The second-order valence-electron chi connectivity index (χ2n) is 5.03. The van der Waals surface area contributed by atoms with Crippen molar-refractivity contribution in [3.05, 3.63) is 34.7 Å². The number of aliphatic carboxylic acids is 1. The number of likely N-dealkylation sites (N-methyl/N-ethyl adjacent to an activating group) is 1. The minimum atomic E-state index is -1.26. The number of thioether (sulfide) groups is 1. The van der Waals surface area contributed by atoms with Crippen molar-refractivity contribution in [3.63, 3.8) is 0 Å². The standard InChI is InChI=1S/C15H12N2O4S2/c1-16-9-5-3-2-4-8(9)11(13(16)20)12-14(21)17(15(22)23-12)7-6-10(18)19/h2-5H,6-7H2,1H3,(H,18,19)/p-1/b12-11+. The highest BCUT2D eigenvalue weighted by Gasteiger charge is 2.40. The normalized spacial score (nSPS) is 20.5. The molecule has 0 spiro atoms. The molecule has 3 rings (SSSR count). The van der Waals surface area contributed by atoms with Crippen LogP contribution in [0.4, 0.5) is 5.69 Å². The first-order chi connectivity index (χ1) is 10.9. The van der Waals surface area contributed by atoms with Gasteiger partial charge in [-0.1, -0.05) is 42.2 Å². The van der Waals surface area contributed by atoms with Crippen molar-refractivity contribution in [3.8, 4) is 0 Å². The minimum Gasteiger partial charge on any atom is -0.550 e. The first kappa shape index (κ1) is 15.7. The molecular formula is C15H11N2O4S2-. The fourth-order valence-electron chi connectivity index (χ4n) is 2.53. The average Bonchev–Trinajstić information content (AvgIpc) is 2.93. The predicted molar refractivity (Wildman–Crippen MR) is 88.3 cm³/mol. The number of anilines is 1. The number of hydrogen-bond donors (Lipinski definition) is 0. The van der Waals surface area contributed by atoms with Crippen molar-refractivity contribution in [1.29, 1.82) is 0 Å². The topological polar surface area (TPSA) is 80.8 Å². The highest BCUT2D eigenvalue weighted by molar-refractivity contribution is 8.26. The monoisotopic (exact) mass is 347 g/mol. The number of carbonyl (C=O) groups excluding carboxylic acids is 3. The van der Waals surface area contributed by atoms with Gasteiger partial charge in [0.05, 0.1) is 16.2 Å². The molecule has 2 amide bonds. The van der Waals surface area contributed by atoms with Crippen LogP contribution in [0.3, 0.4) is 0 Å². The minimum absolute atomic E-state index is 0.0601. The maximum Gasteiger partial charge on any atom is 0.267 e. The van der Waals surface area contributed by atoms with Gasteiger partial charge in [-0.25, -0.2) is 0 Å². The van der Waals surface area contributed by atoms with Gasteiger partial charge in [-0.2, -0.15) is 0 Å². The van der Waals surface area contributed by atoms with Crippen LogP contribution in [-0.2, 0) is 14.4 Å². The number of amides is 2. The number of carbonyl (C=O) groups is 3. The number of thiocarbonyl (C=S) groups is 1. The van der Waals surface area contributed by atoms with E-state index >= 15 is 0 Å². The summed E-state index contributed by atoms with van der Waals surface area (Å²) in [5.41, 5.74) is 1.73. The van der Waals surface area contributed by atoms with Crippen molar-refractivity contribution in [2.24, 2.45) is 0 Å². The van der Waals surface area contributed by atoms with Crippen LogP contribution in [-0.4, -0.2) is 40.6 Å². The molecule has 1 aromatic rings. The van der Waals surface area contributed by atoms with E-state index in [4.69, 9.17) is 12.2 Å². The Morgan fingerprint density at radius 2 is 1.96 bits per heavy atom. The Labute approximate surface area is 141 Å². The Morgan fingerprint density at radius 1 is 1.26 bits per heavy atom. The average molecular weight is 347 g/mol. The van der Waals surface area contributed by atoms with Gasteiger partial charge in [-0.15, -0.1) is 0 Å². The second-order valence-corrected chi connectivity index (χ2v) is 6.68. The molecular weight excluding hydrogens is 336 g/mol. The third-order valence-corrected chi connectivity index (χ3v) is 5.12. The predicted octanol–water partition coefficient (Wildman–Crippen LogP) is 0.374. The van der Waals surface area contributed by atoms with Gasteiger partial charge in [-0.3, -0.25) is 14.5 Å². The zero-order valence-corrected chi connectivity index (χ0v) is 13.7. The number of rotatable bonds is 3. The van der Waals surface area contributed by atoms with E-state index in [1.807, 2.05) is 6.07 Å². The van der Waals surface area contributed by atoms with E-state index in [-0.39, 0.29) is 28.1 Å². The van der Waals surface area contributed by atoms with Crippen LogP contribution in [0.25, 0.3) is 5.57 Å². The number of fused-ring (bicyclic) bond motifs is 1. The van der Waals surface area contributed by atoms with Crippen molar-refractivity contribution < 1.29 is 19.5 Å². The van der Waals surface area contributed by atoms with Crippen molar-refractivity contribution >= 4 is 57.3 Å². The molecule has 0 bridgehead atoms. The number of carboxylic acid groups (broad SMARTS) is 1. The number of carboxylic acids is 1. The van der Waals surface area contributed by atoms with Gasteiger partial charge in [0.25, 0.3) is 11.8 Å². The highest BCUT2D eigenvalue weighted by Crippen LogP contribution is 2.43. The zero-order valence-electron chi connectivity index (χ0n) is 12.1. The summed E-state index contributed by atoms with van der Waals surface area (Å²) in [5, 5.41) is 10.6. The number of para-hydroxylation sites is 1.